The van der Waals surface area contributed by atoms with Crippen LogP contribution in [0.5, 0.6) is 0 Å². The summed E-state index contributed by atoms with van der Waals surface area (Å²) in [5.41, 5.74) is -0.492. The highest BCUT2D eigenvalue weighted by Gasteiger charge is 2.60. The first-order valence-electron chi connectivity index (χ1n) is 13.3. The van der Waals surface area contributed by atoms with Crippen molar-refractivity contribution in [2.24, 2.45) is 11.8 Å². The fourth-order valence-corrected chi connectivity index (χ4v) is 9.30. The van der Waals surface area contributed by atoms with E-state index in [2.05, 4.69) is 17.9 Å². The number of ether oxygens (including phenoxy) is 2. The van der Waals surface area contributed by atoms with Crippen LogP contribution in [-0.4, -0.2) is 107 Å². The van der Waals surface area contributed by atoms with Crippen LogP contribution in [0.25, 0.3) is 0 Å². The Morgan fingerprint density at radius 1 is 1.25 bits per heavy atom. The van der Waals surface area contributed by atoms with Gasteiger partial charge in [-0.2, -0.15) is 17.4 Å². The zero-order valence-corrected chi connectivity index (χ0v) is 24.9. The molecule has 0 saturated carbocycles. The Morgan fingerprint density at radius 3 is 2.48 bits per heavy atom. The summed E-state index contributed by atoms with van der Waals surface area (Å²) in [5.74, 6) is -1.87. The number of esters is 1. The topological polar surface area (TPSA) is 146 Å². The molecule has 3 fully saturated rings. The summed E-state index contributed by atoms with van der Waals surface area (Å²) < 4.78 is 40.1. The van der Waals surface area contributed by atoms with Crippen molar-refractivity contribution in [1.82, 2.24) is 18.8 Å². The number of aliphatic hydroxyl groups is 1. The van der Waals surface area contributed by atoms with Crippen molar-refractivity contribution in [3.8, 4) is 0 Å². The van der Waals surface area contributed by atoms with Crippen molar-refractivity contribution < 1.29 is 37.4 Å². The average Bonchev–Trinajstić information content (AvgIpc) is 3.43. The van der Waals surface area contributed by atoms with E-state index in [1.165, 1.54) is 38.0 Å². The number of hydrogen-bond acceptors (Lipinski definition) is 9. The molecule has 0 radical (unpaired) electrons. The normalized spacial score (nSPS) is 31.5. The molecule has 0 spiro atoms. The number of nitrogens with one attached hydrogen (secondary N) is 1. The number of nitrogens with zero attached hydrogens (tertiary/aromatic N) is 3. The van der Waals surface area contributed by atoms with Crippen molar-refractivity contribution in [2.75, 3.05) is 32.8 Å². The summed E-state index contributed by atoms with van der Waals surface area (Å²) in [6.07, 6.45) is 1.87. The van der Waals surface area contributed by atoms with Gasteiger partial charge in [-0.3, -0.25) is 4.79 Å². The molecule has 4 aliphatic rings. The number of carbonyl (C=O) groups excluding carboxylic acids is 3. The van der Waals surface area contributed by atoms with Gasteiger partial charge in [0.25, 0.3) is 10.2 Å². The maximum atomic E-state index is 13.1. The van der Waals surface area contributed by atoms with Gasteiger partial charge in [-0.15, -0.1) is 11.8 Å². The molecule has 0 unspecified atom stereocenters. The predicted molar refractivity (Wildman–Crippen MR) is 149 cm³/mol. The maximum Gasteiger partial charge on any atom is 0.410 e. The number of amides is 2. The SMILES string of the molecule is C=CCOC(=O)C1=C(S[C@H]2C[C@@H](CN3CC(C)(C)NS3(=O)=O)N(C(=O)OCC=C)C2)[C@H](C)[C@@H]2[C@@H]([C@@H](C)O)C(=O)N12. The second-order valence-corrected chi connectivity index (χ2v) is 14.3. The number of aliphatic hydroxyl groups excluding tert-OH is 1. The van der Waals surface area contributed by atoms with E-state index in [0.29, 0.717) is 11.3 Å². The summed E-state index contributed by atoms with van der Waals surface area (Å²) in [5, 5.41) is 10.0. The Morgan fingerprint density at radius 2 is 1.90 bits per heavy atom. The van der Waals surface area contributed by atoms with Gasteiger partial charge < -0.3 is 24.4 Å². The number of carbonyl (C=O) groups is 3. The van der Waals surface area contributed by atoms with Crippen LogP contribution < -0.4 is 4.72 Å². The third-order valence-corrected chi connectivity index (χ3v) is 10.9. The van der Waals surface area contributed by atoms with E-state index in [4.69, 9.17) is 9.47 Å². The molecule has 4 aliphatic heterocycles. The van der Waals surface area contributed by atoms with Gasteiger partial charge in [0.15, 0.2) is 0 Å². The van der Waals surface area contributed by atoms with Crippen LogP contribution in [0.15, 0.2) is 35.9 Å². The fourth-order valence-electron chi connectivity index (χ4n) is 5.99. The molecule has 2 N–H and O–H groups in total. The van der Waals surface area contributed by atoms with Crippen LogP contribution in [0.4, 0.5) is 4.79 Å². The van der Waals surface area contributed by atoms with Gasteiger partial charge in [-0.05, 0) is 27.2 Å². The van der Waals surface area contributed by atoms with Crippen LogP contribution >= 0.6 is 11.8 Å². The van der Waals surface area contributed by atoms with E-state index in [9.17, 15) is 27.9 Å². The molecule has 0 aromatic rings. The molecule has 2 amide bonds. The van der Waals surface area contributed by atoms with E-state index in [1.807, 2.05) is 6.92 Å². The Hall–Kier alpha value is -2.39. The van der Waals surface area contributed by atoms with Gasteiger partial charge in [-0.25, -0.2) is 9.59 Å². The summed E-state index contributed by atoms with van der Waals surface area (Å²) >= 11 is 1.39. The average molecular weight is 599 g/mol. The lowest BCUT2D eigenvalue weighted by molar-refractivity contribution is -0.164. The van der Waals surface area contributed by atoms with E-state index in [-0.39, 0.29) is 61.7 Å². The Kier molecular flexibility index (Phi) is 8.77. The number of likely N-dealkylation sites (tertiary alicyclic amines) is 1. The van der Waals surface area contributed by atoms with Gasteiger partial charge in [0.05, 0.1) is 24.1 Å². The number of rotatable bonds is 10. The van der Waals surface area contributed by atoms with E-state index in [1.54, 1.807) is 20.8 Å². The minimum absolute atomic E-state index is 0.0113. The summed E-state index contributed by atoms with van der Waals surface area (Å²) in [6.45, 7) is 14.8. The standard InChI is InChI=1S/C26H38N4O8S2/c1-7-9-37-24(33)21-22(15(3)20-19(16(4)31)23(32)30(20)21)39-18-11-17(29(13-18)25(34)38-10-8-2)12-28-14-26(5,6)27-40(28,35)36/h7-8,15-20,27,31H,1-2,9-14H2,3-6H3/t15-,16-,17+,18+,19-,20-/m1/s1. The molecule has 0 aromatic carbocycles. The lowest BCUT2D eigenvalue weighted by Crippen LogP contribution is -2.63. The second kappa shape index (κ2) is 11.5. The Balaban J connectivity index is 1.60. The van der Waals surface area contributed by atoms with Gasteiger partial charge >= 0.3 is 12.1 Å². The lowest BCUT2D eigenvalue weighted by Gasteiger charge is -2.46. The Bertz CT molecular complexity index is 1220. The molecule has 12 nitrogen and oxygen atoms in total. The number of thioether (sulfide) groups is 1. The maximum absolute atomic E-state index is 13.1. The molecule has 0 bridgehead atoms. The molecule has 14 heteroatoms. The van der Waals surface area contributed by atoms with Crippen molar-refractivity contribution in [2.45, 2.75) is 63.1 Å². The van der Waals surface area contributed by atoms with Crippen molar-refractivity contribution >= 4 is 39.9 Å². The van der Waals surface area contributed by atoms with Crippen LogP contribution in [0.3, 0.4) is 0 Å². The van der Waals surface area contributed by atoms with Crippen LogP contribution in [-0.2, 0) is 29.3 Å². The van der Waals surface area contributed by atoms with Crippen molar-refractivity contribution in [3.05, 3.63) is 35.9 Å². The van der Waals surface area contributed by atoms with Gasteiger partial charge in [0, 0.05) is 41.2 Å². The van der Waals surface area contributed by atoms with E-state index < -0.39 is 45.9 Å². The minimum atomic E-state index is -3.72. The molecule has 4 heterocycles. The minimum Gasteiger partial charge on any atom is -0.457 e. The quantitative estimate of drug-likeness (QED) is 0.215. The van der Waals surface area contributed by atoms with Gasteiger partial charge in [0.1, 0.15) is 18.9 Å². The van der Waals surface area contributed by atoms with Crippen LogP contribution in [0.2, 0.25) is 0 Å². The molecule has 6 atom stereocenters. The molecular formula is C26H38N4O8S2. The highest BCUT2D eigenvalue weighted by Crippen LogP contribution is 2.52. The second-order valence-electron chi connectivity index (χ2n) is 11.3. The summed E-state index contributed by atoms with van der Waals surface area (Å²) in [6, 6.07) is -0.854. The van der Waals surface area contributed by atoms with Crippen LogP contribution in [0.1, 0.15) is 34.1 Å². The Labute approximate surface area is 239 Å². The zero-order chi connectivity index (χ0) is 29.6. The molecule has 0 aliphatic carbocycles. The number of β-lactam (4-membered cyclic amide) rings is 1. The third kappa shape index (κ3) is 5.69. The van der Waals surface area contributed by atoms with Gasteiger partial charge in [0.2, 0.25) is 5.91 Å². The zero-order valence-electron chi connectivity index (χ0n) is 23.2. The first kappa shape index (κ1) is 30.6. The van der Waals surface area contributed by atoms with Crippen molar-refractivity contribution in [3.63, 3.8) is 0 Å². The first-order chi connectivity index (χ1) is 18.7. The fraction of sp³-hybridized carbons (Fsp3) is 0.654. The smallest absolute Gasteiger partial charge is 0.410 e. The third-order valence-electron chi connectivity index (χ3n) is 7.59. The number of hydrogen-bond donors (Lipinski definition) is 2. The highest BCUT2D eigenvalue weighted by atomic mass is 32.2. The predicted octanol–water partition coefficient (Wildman–Crippen LogP) is 1.21. The molecule has 4 rings (SSSR count). The lowest BCUT2D eigenvalue weighted by atomic mass is 9.79. The van der Waals surface area contributed by atoms with E-state index in [0.717, 1.165) is 0 Å². The largest absolute Gasteiger partial charge is 0.457 e. The highest BCUT2D eigenvalue weighted by molar-refractivity contribution is 8.03. The molecule has 222 valence electrons. The number of fused-ring (bicyclic) bond motifs is 1. The van der Waals surface area contributed by atoms with Gasteiger partial charge in [-0.1, -0.05) is 32.2 Å². The monoisotopic (exact) mass is 598 g/mol. The molecular weight excluding hydrogens is 560 g/mol. The molecule has 40 heavy (non-hydrogen) atoms. The first-order valence-corrected chi connectivity index (χ1v) is 15.6. The molecule has 0 aromatic heterocycles. The summed E-state index contributed by atoms with van der Waals surface area (Å²) in [4.78, 5) is 42.6. The van der Waals surface area contributed by atoms with Crippen molar-refractivity contribution in [1.29, 1.82) is 0 Å². The van der Waals surface area contributed by atoms with E-state index >= 15 is 0 Å². The van der Waals surface area contributed by atoms with Crippen LogP contribution in [0, 0.1) is 11.8 Å². The summed E-state index contributed by atoms with van der Waals surface area (Å²) in [7, 11) is -3.72. The molecule has 3 saturated heterocycles.